The van der Waals surface area contributed by atoms with Crippen molar-refractivity contribution in [1.82, 2.24) is 29.9 Å². The van der Waals surface area contributed by atoms with Crippen LogP contribution < -0.4 is 15.4 Å². The van der Waals surface area contributed by atoms with E-state index in [0.29, 0.717) is 27.3 Å². The standard InChI is InChI=1S/C20H14ClFN4S.C18H14ClFN4O3.C2H6/c1-12-9-23-6-4-18(12)25-20-16(13-5-7-27-11-13)10-24-19(26-20)15-8-14(21)2-3-17(15)22;1-26-15-9-22-16(11-7-10(19)3-4-13(11)20)24-17(15)23-14-5-6-21-8-12(14)18(25)27-2;1-2/h2-11H,1H3,(H,23,24,25,26);3-9H,1-2H3,(H,21,22,23,24);1-2H3. The number of pyridine rings is 2. The zero-order valence-corrected chi connectivity index (χ0v) is 33.0. The molecule has 7 rings (SSSR count). The Hall–Kier alpha value is -6.09. The van der Waals surface area contributed by atoms with Crippen LogP contribution in [0.15, 0.2) is 103 Å². The molecule has 0 saturated heterocycles. The lowest BCUT2D eigenvalue weighted by molar-refractivity contribution is 0.0601. The van der Waals surface area contributed by atoms with Gasteiger partial charge in [0.25, 0.3) is 0 Å². The first kappa shape index (κ1) is 41.1. The van der Waals surface area contributed by atoms with E-state index in [2.05, 4.69) is 40.5 Å². The number of carbonyl (C=O) groups excluding carboxylic acids is 1. The van der Waals surface area contributed by atoms with Crippen molar-refractivity contribution in [3.63, 3.8) is 0 Å². The first-order valence-corrected chi connectivity index (χ1v) is 18.5. The monoisotopic (exact) mass is 814 g/mol. The Morgan fingerprint density at radius 3 is 1.91 bits per heavy atom. The van der Waals surface area contributed by atoms with Gasteiger partial charge in [-0.25, -0.2) is 33.5 Å². The minimum atomic E-state index is -0.570. The molecular formula is C40H34Cl2F2N8O3S. The summed E-state index contributed by atoms with van der Waals surface area (Å²) in [6.07, 6.45) is 9.43. The molecule has 286 valence electrons. The average Bonchev–Trinajstić information content (AvgIpc) is 3.77. The molecular weight excluding hydrogens is 781 g/mol. The van der Waals surface area contributed by atoms with Gasteiger partial charge in [0.05, 0.1) is 37.2 Å². The summed E-state index contributed by atoms with van der Waals surface area (Å²) in [5.41, 5.74) is 4.67. The third-order valence-electron chi connectivity index (χ3n) is 7.69. The number of halogens is 4. The number of aryl methyl sites for hydroxylation is 1. The van der Waals surface area contributed by atoms with E-state index in [-0.39, 0.29) is 34.2 Å². The Kier molecular flexibility index (Phi) is 14.3. The fourth-order valence-corrected chi connectivity index (χ4v) is 5.96. The summed E-state index contributed by atoms with van der Waals surface area (Å²) in [4.78, 5) is 37.4. The average molecular weight is 816 g/mol. The number of methoxy groups -OCH3 is 2. The van der Waals surface area contributed by atoms with Crippen LogP contribution in [0.2, 0.25) is 10.0 Å². The van der Waals surface area contributed by atoms with E-state index in [9.17, 15) is 13.6 Å². The Bertz CT molecular complexity index is 2440. The Labute approximate surface area is 335 Å². The van der Waals surface area contributed by atoms with Crippen LogP contribution in [0.5, 0.6) is 5.75 Å². The van der Waals surface area contributed by atoms with Crippen molar-refractivity contribution >= 4 is 63.5 Å². The lowest BCUT2D eigenvalue weighted by Gasteiger charge is -2.13. The SMILES string of the molecule is CC.COC(=O)c1cnccc1Nc1nc(-c2cc(Cl)ccc2F)ncc1OC.Cc1cnccc1Nc1nc(-c2cc(Cl)ccc2F)ncc1-c1ccsc1. The molecule has 0 fully saturated rings. The molecule has 0 radical (unpaired) electrons. The van der Waals surface area contributed by atoms with E-state index in [0.717, 1.165) is 22.4 Å². The van der Waals surface area contributed by atoms with Gasteiger partial charge in [0.15, 0.2) is 23.2 Å². The van der Waals surface area contributed by atoms with Gasteiger partial charge in [0.1, 0.15) is 23.0 Å². The van der Waals surface area contributed by atoms with Gasteiger partial charge >= 0.3 is 5.97 Å². The lowest BCUT2D eigenvalue weighted by atomic mass is 10.1. The Balaban J connectivity index is 0.000000205. The molecule has 0 atom stereocenters. The summed E-state index contributed by atoms with van der Waals surface area (Å²) >= 11 is 13.6. The molecule has 0 amide bonds. The molecule has 5 aromatic heterocycles. The van der Waals surface area contributed by atoms with E-state index in [4.69, 9.17) is 32.7 Å². The topological polar surface area (TPSA) is 137 Å². The zero-order valence-electron chi connectivity index (χ0n) is 30.6. The van der Waals surface area contributed by atoms with Crippen LogP contribution in [-0.2, 0) is 4.74 Å². The van der Waals surface area contributed by atoms with Gasteiger partial charge < -0.3 is 20.1 Å². The molecule has 0 aliphatic rings. The summed E-state index contributed by atoms with van der Waals surface area (Å²) in [5, 5.41) is 11.1. The van der Waals surface area contributed by atoms with Crippen molar-refractivity contribution in [3.05, 3.63) is 135 Å². The van der Waals surface area contributed by atoms with Crippen LogP contribution in [0.25, 0.3) is 33.9 Å². The molecule has 2 aromatic carbocycles. The highest BCUT2D eigenvalue weighted by Crippen LogP contribution is 2.34. The first-order valence-electron chi connectivity index (χ1n) is 16.8. The number of nitrogens with one attached hydrogen (secondary N) is 2. The molecule has 2 N–H and O–H groups in total. The molecule has 0 aliphatic heterocycles. The highest BCUT2D eigenvalue weighted by molar-refractivity contribution is 7.08. The van der Waals surface area contributed by atoms with Crippen LogP contribution in [-0.4, -0.2) is 50.1 Å². The summed E-state index contributed by atoms with van der Waals surface area (Å²) in [7, 11) is 2.71. The van der Waals surface area contributed by atoms with Gasteiger partial charge in [-0.1, -0.05) is 37.0 Å². The highest BCUT2D eigenvalue weighted by Gasteiger charge is 2.18. The van der Waals surface area contributed by atoms with Crippen LogP contribution in [0.4, 0.5) is 31.8 Å². The quantitative estimate of drug-likeness (QED) is 0.135. The van der Waals surface area contributed by atoms with E-state index in [1.807, 2.05) is 43.7 Å². The lowest BCUT2D eigenvalue weighted by Crippen LogP contribution is -2.08. The van der Waals surface area contributed by atoms with Crippen molar-refractivity contribution in [2.24, 2.45) is 0 Å². The minimum absolute atomic E-state index is 0.104. The van der Waals surface area contributed by atoms with E-state index < -0.39 is 17.6 Å². The first-order chi connectivity index (χ1) is 27.1. The second-order valence-electron chi connectivity index (χ2n) is 11.2. The Morgan fingerprint density at radius 1 is 0.732 bits per heavy atom. The zero-order chi connectivity index (χ0) is 40.2. The third kappa shape index (κ3) is 9.96. The van der Waals surface area contributed by atoms with Crippen molar-refractivity contribution in [2.45, 2.75) is 20.8 Å². The van der Waals surface area contributed by atoms with Gasteiger partial charge in [-0.3, -0.25) is 9.97 Å². The van der Waals surface area contributed by atoms with Crippen LogP contribution in [0.3, 0.4) is 0 Å². The predicted octanol–water partition coefficient (Wildman–Crippen LogP) is 11.0. The van der Waals surface area contributed by atoms with Crippen LogP contribution in [0, 0.1) is 18.6 Å². The molecule has 0 unspecified atom stereocenters. The van der Waals surface area contributed by atoms with Crippen molar-refractivity contribution < 1.29 is 23.0 Å². The number of carbonyl (C=O) groups is 1. The van der Waals surface area contributed by atoms with Crippen molar-refractivity contribution in [2.75, 3.05) is 24.9 Å². The van der Waals surface area contributed by atoms with Crippen molar-refractivity contribution in [3.8, 4) is 39.7 Å². The van der Waals surface area contributed by atoms with Gasteiger partial charge in [-0.2, -0.15) is 11.3 Å². The number of anilines is 4. The third-order valence-corrected chi connectivity index (χ3v) is 8.84. The maximum absolute atomic E-state index is 14.3. The fourth-order valence-electron chi connectivity index (χ4n) is 4.96. The molecule has 0 saturated carbocycles. The normalized spacial score (nSPS) is 10.3. The largest absolute Gasteiger partial charge is 0.491 e. The number of esters is 1. The molecule has 0 spiro atoms. The maximum atomic E-state index is 14.3. The molecule has 0 aliphatic carbocycles. The predicted molar refractivity (Wildman–Crippen MR) is 217 cm³/mol. The number of hydrogen-bond donors (Lipinski definition) is 2. The number of aromatic nitrogens is 6. The van der Waals surface area contributed by atoms with Gasteiger partial charge in [-0.05, 0) is 83.4 Å². The number of hydrogen-bond acceptors (Lipinski definition) is 12. The fraction of sp³-hybridized carbons (Fsp3) is 0.125. The second kappa shape index (κ2) is 19.5. The second-order valence-corrected chi connectivity index (χ2v) is 12.8. The molecule has 56 heavy (non-hydrogen) atoms. The summed E-state index contributed by atoms with van der Waals surface area (Å²) in [6.45, 7) is 5.96. The molecule has 16 heteroatoms. The molecule has 7 aromatic rings. The molecule has 11 nitrogen and oxygen atoms in total. The number of ether oxygens (including phenoxy) is 2. The molecule has 0 bridgehead atoms. The number of benzene rings is 2. The number of thiophene rings is 1. The number of nitrogens with zero attached hydrogens (tertiary/aromatic N) is 6. The highest BCUT2D eigenvalue weighted by atomic mass is 35.5. The van der Waals surface area contributed by atoms with E-state index >= 15 is 0 Å². The smallest absolute Gasteiger partial charge is 0.341 e. The van der Waals surface area contributed by atoms with Gasteiger partial charge in [-0.15, -0.1) is 0 Å². The summed E-state index contributed by atoms with van der Waals surface area (Å²) in [5.74, 6) is -0.0163. The van der Waals surface area contributed by atoms with E-state index in [1.54, 1.807) is 36.0 Å². The summed E-state index contributed by atoms with van der Waals surface area (Å²) < 4.78 is 38.4. The Morgan fingerprint density at radius 2 is 1.32 bits per heavy atom. The van der Waals surface area contributed by atoms with Crippen LogP contribution in [0.1, 0.15) is 29.8 Å². The maximum Gasteiger partial charge on any atom is 0.341 e. The summed E-state index contributed by atoms with van der Waals surface area (Å²) in [6, 6.07) is 13.9. The van der Waals surface area contributed by atoms with Crippen LogP contribution >= 0.6 is 34.5 Å². The molecule has 5 heterocycles. The minimum Gasteiger partial charge on any atom is -0.491 e. The van der Waals surface area contributed by atoms with Crippen molar-refractivity contribution in [1.29, 1.82) is 0 Å². The number of rotatable bonds is 9. The van der Waals surface area contributed by atoms with E-state index in [1.165, 1.54) is 69.2 Å². The van der Waals surface area contributed by atoms with Gasteiger partial charge in [0, 0.05) is 52.3 Å². The van der Waals surface area contributed by atoms with Gasteiger partial charge in [0.2, 0.25) is 0 Å².